The van der Waals surface area contributed by atoms with Gasteiger partial charge in [0.2, 0.25) is 10.0 Å². The molecule has 1 aromatic heterocycles. The van der Waals surface area contributed by atoms with Crippen LogP contribution in [-0.2, 0) is 16.4 Å². The molecular weight excluding hydrogens is 338 g/mol. The highest BCUT2D eigenvalue weighted by Crippen LogP contribution is 2.17. The highest BCUT2D eigenvalue weighted by Gasteiger charge is 2.10. The van der Waals surface area contributed by atoms with Gasteiger partial charge in [-0.1, -0.05) is 23.8 Å². The van der Waals surface area contributed by atoms with E-state index in [4.69, 9.17) is 5.14 Å². The molecule has 6 nitrogen and oxygen atoms in total. The molecule has 0 radical (unpaired) electrons. The van der Waals surface area contributed by atoms with Gasteiger partial charge in [0.15, 0.2) is 0 Å². The van der Waals surface area contributed by atoms with E-state index in [2.05, 4.69) is 10.3 Å². The van der Waals surface area contributed by atoms with Gasteiger partial charge in [-0.25, -0.2) is 13.6 Å². The maximum Gasteiger partial charge on any atom is 0.267 e. The second-order valence-corrected chi connectivity index (χ2v) is 7.53. The third kappa shape index (κ3) is 4.07. The van der Waals surface area contributed by atoms with Crippen LogP contribution < -0.4 is 10.5 Å². The van der Waals surface area contributed by atoms with Crippen molar-refractivity contribution in [2.24, 2.45) is 5.14 Å². The lowest BCUT2D eigenvalue weighted by Crippen LogP contribution is -2.25. The zero-order valence-electron chi connectivity index (χ0n) is 13.7. The van der Waals surface area contributed by atoms with Crippen molar-refractivity contribution in [2.75, 3.05) is 6.54 Å². The molecule has 0 fully saturated rings. The second-order valence-electron chi connectivity index (χ2n) is 5.97. The van der Waals surface area contributed by atoms with Crippen LogP contribution in [0.1, 0.15) is 21.6 Å². The van der Waals surface area contributed by atoms with Crippen molar-refractivity contribution in [3.8, 4) is 0 Å². The number of benzene rings is 2. The Bertz CT molecular complexity index is 1020. The number of hydrogen-bond acceptors (Lipinski definition) is 3. The monoisotopic (exact) mass is 357 g/mol. The molecule has 7 heteroatoms. The fourth-order valence-corrected chi connectivity index (χ4v) is 3.15. The molecule has 0 aliphatic heterocycles. The topological polar surface area (TPSA) is 105 Å². The van der Waals surface area contributed by atoms with E-state index < -0.39 is 10.0 Å². The third-order valence-corrected chi connectivity index (χ3v) is 4.90. The van der Waals surface area contributed by atoms with Crippen LogP contribution in [0.25, 0.3) is 10.9 Å². The van der Waals surface area contributed by atoms with Crippen molar-refractivity contribution in [3.05, 3.63) is 65.4 Å². The van der Waals surface area contributed by atoms with Crippen molar-refractivity contribution in [2.45, 2.75) is 18.2 Å². The maximum atomic E-state index is 12.2. The van der Waals surface area contributed by atoms with Crippen LogP contribution in [0.5, 0.6) is 0 Å². The number of rotatable bonds is 5. The molecule has 130 valence electrons. The van der Waals surface area contributed by atoms with Crippen LogP contribution in [-0.4, -0.2) is 25.9 Å². The van der Waals surface area contributed by atoms with Gasteiger partial charge in [-0.15, -0.1) is 0 Å². The smallest absolute Gasteiger partial charge is 0.267 e. The van der Waals surface area contributed by atoms with Gasteiger partial charge in [0.1, 0.15) is 5.69 Å². The van der Waals surface area contributed by atoms with Crippen LogP contribution in [0.4, 0.5) is 0 Å². The SMILES string of the molecule is Cc1ccc2[nH]c(C(=O)NCCc3ccc(S(N)(=O)=O)cc3)cc2c1. The highest BCUT2D eigenvalue weighted by molar-refractivity contribution is 7.89. The molecule has 0 spiro atoms. The van der Waals surface area contributed by atoms with Gasteiger partial charge in [-0.05, 0) is 49.2 Å². The summed E-state index contributed by atoms with van der Waals surface area (Å²) in [6.45, 7) is 2.45. The van der Waals surface area contributed by atoms with Gasteiger partial charge in [-0.3, -0.25) is 4.79 Å². The Balaban J connectivity index is 1.60. The van der Waals surface area contributed by atoms with Gasteiger partial charge in [0.25, 0.3) is 5.91 Å². The van der Waals surface area contributed by atoms with Crippen LogP contribution in [0.3, 0.4) is 0 Å². The largest absolute Gasteiger partial charge is 0.351 e. The number of aryl methyl sites for hydroxylation is 1. The van der Waals surface area contributed by atoms with Crippen LogP contribution >= 0.6 is 0 Å². The Morgan fingerprint density at radius 1 is 1.12 bits per heavy atom. The quantitative estimate of drug-likeness (QED) is 0.651. The Labute approximate surface area is 146 Å². The minimum atomic E-state index is -3.68. The van der Waals surface area contributed by atoms with E-state index in [1.807, 2.05) is 31.2 Å². The first-order valence-corrected chi connectivity index (χ1v) is 9.37. The summed E-state index contributed by atoms with van der Waals surface area (Å²) < 4.78 is 22.4. The van der Waals surface area contributed by atoms with Crippen molar-refractivity contribution in [1.82, 2.24) is 10.3 Å². The third-order valence-electron chi connectivity index (χ3n) is 3.97. The summed E-state index contributed by atoms with van der Waals surface area (Å²) >= 11 is 0. The Hall–Kier alpha value is -2.64. The molecule has 25 heavy (non-hydrogen) atoms. The molecule has 2 aromatic carbocycles. The van der Waals surface area contributed by atoms with Gasteiger partial charge >= 0.3 is 0 Å². The number of nitrogens with two attached hydrogens (primary N) is 1. The van der Waals surface area contributed by atoms with Crippen molar-refractivity contribution in [1.29, 1.82) is 0 Å². The zero-order valence-corrected chi connectivity index (χ0v) is 14.6. The number of primary sulfonamides is 1. The molecule has 3 rings (SSSR count). The zero-order chi connectivity index (χ0) is 18.0. The Morgan fingerprint density at radius 2 is 1.84 bits per heavy atom. The molecular formula is C18H19N3O3S. The minimum Gasteiger partial charge on any atom is -0.351 e. The standard InChI is InChI=1S/C18H19N3O3S/c1-12-2-7-16-14(10-12)11-17(21-16)18(22)20-9-8-13-3-5-15(6-4-13)25(19,23)24/h2-7,10-11,21H,8-9H2,1H3,(H,20,22)(H2,19,23,24). The number of fused-ring (bicyclic) bond motifs is 1. The molecule has 3 aromatic rings. The molecule has 1 amide bonds. The molecule has 0 unspecified atom stereocenters. The number of aromatic nitrogens is 1. The molecule has 0 saturated carbocycles. The average molecular weight is 357 g/mol. The molecule has 0 aliphatic carbocycles. The number of hydrogen-bond donors (Lipinski definition) is 3. The van der Waals surface area contributed by atoms with E-state index in [-0.39, 0.29) is 10.8 Å². The first kappa shape index (κ1) is 17.2. The molecule has 0 saturated heterocycles. The molecule has 4 N–H and O–H groups in total. The first-order valence-electron chi connectivity index (χ1n) is 7.82. The number of sulfonamides is 1. The van der Waals surface area contributed by atoms with Gasteiger partial charge in [-0.2, -0.15) is 0 Å². The van der Waals surface area contributed by atoms with Crippen molar-refractivity contribution in [3.63, 3.8) is 0 Å². The van der Waals surface area contributed by atoms with Crippen LogP contribution in [0.15, 0.2) is 53.4 Å². The van der Waals surface area contributed by atoms with E-state index in [9.17, 15) is 13.2 Å². The number of carbonyl (C=O) groups excluding carboxylic acids is 1. The van der Waals surface area contributed by atoms with Crippen LogP contribution in [0, 0.1) is 6.92 Å². The summed E-state index contributed by atoms with van der Waals surface area (Å²) in [4.78, 5) is 15.4. The number of H-pyrrole nitrogens is 1. The summed E-state index contributed by atoms with van der Waals surface area (Å²) in [5, 5.41) is 8.92. The highest BCUT2D eigenvalue weighted by atomic mass is 32.2. The van der Waals surface area contributed by atoms with Gasteiger partial charge in [0, 0.05) is 17.4 Å². The van der Waals surface area contributed by atoms with E-state index in [0.29, 0.717) is 18.7 Å². The Kier molecular flexibility index (Phi) is 4.61. The van der Waals surface area contributed by atoms with Crippen LogP contribution in [0.2, 0.25) is 0 Å². The first-order chi connectivity index (χ1) is 11.8. The van der Waals surface area contributed by atoms with E-state index in [0.717, 1.165) is 22.0 Å². The fourth-order valence-electron chi connectivity index (χ4n) is 2.64. The molecule has 0 atom stereocenters. The summed E-state index contributed by atoms with van der Waals surface area (Å²) in [7, 11) is -3.68. The van der Waals surface area contributed by atoms with Crippen molar-refractivity contribution >= 4 is 26.8 Å². The molecule has 1 heterocycles. The number of aromatic amines is 1. The van der Waals surface area contributed by atoms with Gasteiger partial charge in [0.05, 0.1) is 4.90 Å². The lowest BCUT2D eigenvalue weighted by atomic mass is 10.1. The van der Waals surface area contributed by atoms with E-state index in [1.165, 1.54) is 12.1 Å². The predicted octanol–water partition coefficient (Wildman–Crippen LogP) is 2.10. The normalized spacial score (nSPS) is 11.6. The molecule has 0 bridgehead atoms. The summed E-state index contributed by atoms with van der Waals surface area (Å²) in [5.74, 6) is -0.171. The number of carbonyl (C=O) groups is 1. The lowest BCUT2D eigenvalue weighted by molar-refractivity contribution is 0.0950. The lowest BCUT2D eigenvalue weighted by Gasteiger charge is -2.05. The van der Waals surface area contributed by atoms with E-state index in [1.54, 1.807) is 12.1 Å². The van der Waals surface area contributed by atoms with E-state index >= 15 is 0 Å². The second kappa shape index (κ2) is 6.70. The minimum absolute atomic E-state index is 0.0775. The molecule has 0 aliphatic rings. The summed E-state index contributed by atoms with van der Waals surface area (Å²) in [5.41, 5.74) is 3.50. The maximum absolute atomic E-state index is 12.2. The summed E-state index contributed by atoms with van der Waals surface area (Å²) in [6.07, 6.45) is 0.593. The fraction of sp³-hybridized carbons (Fsp3) is 0.167. The van der Waals surface area contributed by atoms with Gasteiger partial charge < -0.3 is 10.3 Å². The predicted molar refractivity (Wildman–Crippen MR) is 96.9 cm³/mol. The Morgan fingerprint density at radius 3 is 2.52 bits per heavy atom. The average Bonchev–Trinajstić information content (AvgIpc) is 2.97. The number of amides is 1. The van der Waals surface area contributed by atoms with Crippen molar-refractivity contribution < 1.29 is 13.2 Å². The summed E-state index contributed by atoms with van der Waals surface area (Å²) in [6, 6.07) is 14.1. The number of nitrogens with one attached hydrogen (secondary N) is 2.